The van der Waals surface area contributed by atoms with Crippen LogP contribution in [0.25, 0.3) is 11.4 Å². The number of amides is 1. The van der Waals surface area contributed by atoms with Crippen LogP contribution in [0, 0.1) is 6.92 Å². The molecular weight excluding hydrogens is 328 g/mol. The molecule has 132 valence electrons. The maximum Gasteiger partial charge on any atom is 0.277 e. The molecule has 4 heterocycles. The lowest BCUT2D eigenvalue weighted by Crippen LogP contribution is -2.21. The van der Waals surface area contributed by atoms with Gasteiger partial charge in [-0.2, -0.15) is 5.10 Å². The molecule has 0 saturated carbocycles. The van der Waals surface area contributed by atoms with Crippen LogP contribution in [-0.4, -0.2) is 39.2 Å². The molecule has 0 aliphatic carbocycles. The Labute approximate surface area is 151 Å². The van der Waals surface area contributed by atoms with Crippen LogP contribution in [0.4, 0.5) is 11.5 Å². The minimum atomic E-state index is -0.248. The van der Waals surface area contributed by atoms with Gasteiger partial charge in [-0.15, -0.1) is 0 Å². The van der Waals surface area contributed by atoms with Crippen molar-refractivity contribution in [1.82, 2.24) is 19.7 Å². The van der Waals surface area contributed by atoms with E-state index in [0.29, 0.717) is 11.5 Å². The fourth-order valence-corrected chi connectivity index (χ4v) is 3.36. The van der Waals surface area contributed by atoms with E-state index in [1.165, 1.54) is 0 Å². The second kappa shape index (κ2) is 6.25. The highest BCUT2D eigenvalue weighted by Crippen LogP contribution is 2.35. The van der Waals surface area contributed by atoms with Gasteiger partial charge >= 0.3 is 0 Å². The van der Waals surface area contributed by atoms with Gasteiger partial charge in [0.25, 0.3) is 5.91 Å². The lowest BCUT2D eigenvalue weighted by atomic mass is 10.1. The van der Waals surface area contributed by atoms with Gasteiger partial charge in [0.05, 0.1) is 11.4 Å². The van der Waals surface area contributed by atoms with Gasteiger partial charge < -0.3 is 10.2 Å². The molecule has 1 amide bonds. The normalized spacial score (nSPS) is 13.0. The molecule has 0 unspecified atom stereocenters. The van der Waals surface area contributed by atoms with Gasteiger partial charge in [0, 0.05) is 38.1 Å². The molecule has 0 fully saturated rings. The highest BCUT2D eigenvalue weighted by Gasteiger charge is 2.28. The number of carbonyl (C=O) groups excluding carboxylic acids is 1. The number of nitrogens with one attached hydrogen (secondary N) is 1. The first-order valence-corrected chi connectivity index (χ1v) is 8.52. The first-order valence-electron chi connectivity index (χ1n) is 8.52. The van der Waals surface area contributed by atoms with Gasteiger partial charge in [-0.1, -0.05) is 6.07 Å². The molecule has 7 nitrogen and oxygen atoms in total. The number of rotatable bonds is 2. The van der Waals surface area contributed by atoms with E-state index in [9.17, 15) is 4.79 Å². The number of aromatic nitrogens is 4. The van der Waals surface area contributed by atoms with Crippen molar-refractivity contribution >= 4 is 17.4 Å². The Balaban J connectivity index is 1.77. The van der Waals surface area contributed by atoms with E-state index in [2.05, 4.69) is 25.3 Å². The molecule has 3 aromatic heterocycles. The molecule has 3 aromatic rings. The lowest BCUT2D eigenvalue weighted by Gasteiger charge is -2.18. The average molecular weight is 348 g/mol. The summed E-state index contributed by atoms with van der Waals surface area (Å²) in [4.78, 5) is 23.9. The van der Waals surface area contributed by atoms with Crippen LogP contribution < -0.4 is 10.2 Å². The van der Waals surface area contributed by atoms with Gasteiger partial charge in [0.1, 0.15) is 11.5 Å². The molecule has 26 heavy (non-hydrogen) atoms. The van der Waals surface area contributed by atoms with Crippen LogP contribution in [0.1, 0.15) is 21.7 Å². The number of nitrogens with zero attached hydrogens (tertiary/aromatic N) is 5. The largest absolute Gasteiger partial charge is 0.372 e. The SMILES string of the molecule is Cc1cccc(NC(=O)c2nn(C)c3c2CCN(C)c2cccnc2-3)n1. The number of likely N-dealkylation sites (N-methyl/N-ethyl adjacent to an activating group) is 1. The lowest BCUT2D eigenvalue weighted by molar-refractivity contribution is 0.102. The molecule has 0 atom stereocenters. The van der Waals surface area contributed by atoms with Crippen LogP contribution in [0.15, 0.2) is 36.5 Å². The summed E-state index contributed by atoms with van der Waals surface area (Å²) >= 11 is 0. The molecule has 0 saturated heterocycles. The third-order valence-corrected chi connectivity index (χ3v) is 4.61. The van der Waals surface area contributed by atoms with Gasteiger partial charge in [-0.3, -0.25) is 14.5 Å². The molecule has 1 aliphatic rings. The zero-order valence-corrected chi connectivity index (χ0v) is 15.0. The van der Waals surface area contributed by atoms with Gasteiger partial charge in [0.2, 0.25) is 0 Å². The number of carbonyl (C=O) groups is 1. The van der Waals surface area contributed by atoms with E-state index in [1.807, 2.05) is 45.3 Å². The summed E-state index contributed by atoms with van der Waals surface area (Å²) in [5.41, 5.74) is 4.99. The smallest absolute Gasteiger partial charge is 0.277 e. The van der Waals surface area contributed by atoms with E-state index in [0.717, 1.165) is 41.3 Å². The summed E-state index contributed by atoms with van der Waals surface area (Å²) in [5.74, 6) is 0.278. The Morgan fingerprint density at radius 3 is 2.85 bits per heavy atom. The van der Waals surface area contributed by atoms with Crippen LogP contribution in [0.3, 0.4) is 0 Å². The minimum Gasteiger partial charge on any atom is -0.372 e. The van der Waals surface area contributed by atoms with Crippen molar-refractivity contribution in [3.05, 3.63) is 53.5 Å². The molecule has 0 aromatic carbocycles. The minimum absolute atomic E-state index is 0.248. The number of hydrogen-bond donors (Lipinski definition) is 1. The van der Waals surface area contributed by atoms with E-state index >= 15 is 0 Å². The van der Waals surface area contributed by atoms with Gasteiger partial charge in [0.15, 0.2) is 5.69 Å². The van der Waals surface area contributed by atoms with E-state index in [-0.39, 0.29) is 5.91 Å². The average Bonchev–Trinajstić information content (AvgIpc) is 2.87. The number of anilines is 2. The van der Waals surface area contributed by atoms with E-state index < -0.39 is 0 Å². The summed E-state index contributed by atoms with van der Waals surface area (Å²) in [6.07, 6.45) is 2.49. The Morgan fingerprint density at radius 1 is 1.19 bits per heavy atom. The third-order valence-electron chi connectivity index (χ3n) is 4.61. The second-order valence-corrected chi connectivity index (χ2v) is 6.46. The van der Waals surface area contributed by atoms with E-state index in [1.54, 1.807) is 16.9 Å². The van der Waals surface area contributed by atoms with Gasteiger partial charge in [-0.25, -0.2) is 4.98 Å². The maximum absolute atomic E-state index is 12.9. The van der Waals surface area contributed by atoms with Crippen molar-refractivity contribution in [2.75, 3.05) is 23.8 Å². The summed E-state index contributed by atoms with van der Waals surface area (Å²) < 4.78 is 1.75. The quantitative estimate of drug-likeness (QED) is 0.770. The van der Waals surface area contributed by atoms with Crippen molar-refractivity contribution in [2.45, 2.75) is 13.3 Å². The van der Waals surface area contributed by atoms with Crippen molar-refractivity contribution < 1.29 is 4.79 Å². The van der Waals surface area contributed by atoms with Crippen molar-refractivity contribution in [2.24, 2.45) is 7.05 Å². The third kappa shape index (κ3) is 2.71. The topological polar surface area (TPSA) is 75.9 Å². The van der Waals surface area contributed by atoms with Crippen LogP contribution >= 0.6 is 0 Å². The molecular formula is C19H20N6O. The Kier molecular flexibility index (Phi) is 3.91. The highest BCUT2D eigenvalue weighted by atomic mass is 16.2. The standard InChI is InChI=1S/C19H20N6O/c1-12-6-4-8-15(21-12)22-19(26)16-13-9-11-24(2)14-7-5-10-20-17(14)18(13)25(3)23-16/h4-8,10H,9,11H2,1-3H3,(H,21,22,26). The second-order valence-electron chi connectivity index (χ2n) is 6.46. The molecule has 1 N–H and O–H groups in total. The Hall–Kier alpha value is -3.22. The monoisotopic (exact) mass is 348 g/mol. The number of hydrogen-bond acceptors (Lipinski definition) is 5. The Morgan fingerprint density at radius 2 is 2.04 bits per heavy atom. The predicted molar refractivity (Wildman–Crippen MR) is 100 cm³/mol. The zero-order chi connectivity index (χ0) is 18.3. The summed E-state index contributed by atoms with van der Waals surface area (Å²) in [5, 5.41) is 7.35. The number of aryl methyl sites for hydroxylation is 2. The first kappa shape index (κ1) is 16.3. The summed E-state index contributed by atoms with van der Waals surface area (Å²) in [6, 6.07) is 9.50. The predicted octanol–water partition coefficient (Wildman–Crippen LogP) is 2.43. The molecule has 7 heteroatoms. The van der Waals surface area contributed by atoms with Crippen LogP contribution in [-0.2, 0) is 13.5 Å². The Bertz CT molecular complexity index is 993. The summed E-state index contributed by atoms with van der Waals surface area (Å²) in [7, 11) is 3.89. The summed E-state index contributed by atoms with van der Waals surface area (Å²) in [6.45, 7) is 2.68. The van der Waals surface area contributed by atoms with E-state index in [4.69, 9.17) is 0 Å². The van der Waals surface area contributed by atoms with Crippen LogP contribution in [0.5, 0.6) is 0 Å². The molecule has 0 radical (unpaired) electrons. The molecule has 0 spiro atoms. The van der Waals surface area contributed by atoms with Crippen molar-refractivity contribution in [3.8, 4) is 11.4 Å². The molecule has 4 rings (SSSR count). The van der Waals surface area contributed by atoms with Crippen molar-refractivity contribution in [3.63, 3.8) is 0 Å². The highest BCUT2D eigenvalue weighted by molar-refractivity contribution is 6.04. The maximum atomic E-state index is 12.9. The van der Waals surface area contributed by atoms with Gasteiger partial charge in [-0.05, 0) is 37.6 Å². The van der Waals surface area contributed by atoms with Crippen LogP contribution in [0.2, 0.25) is 0 Å². The number of fused-ring (bicyclic) bond motifs is 3. The van der Waals surface area contributed by atoms with Crippen molar-refractivity contribution in [1.29, 1.82) is 0 Å². The molecule has 1 aliphatic heterocycles. The first-order chi connectivity index (χ1) is 12.5. The zero-order valence-electron chi connectivity index (χ0n) is 15.0. The fourth-order valence-electron chi connectivity index (χ4n) is 3.36. The molecule has 0 bridgehead atoms. The number of pyridine rings is 2. The fraction of sp³-hybridized carbons (Fsp3) is 0.263.